The van der Waals surface area contributed by atoms with Crippen LogP contribution in [0.25, 0.3) is 0 Å². The minimum atomic E-state index is -0.351. The average Bonchev–Trinajstić information content (AvgIpc) is 3.11. The number of hydrogen-bond acceptors (Lipinski definition) is 5. The largest absolute Gasteiger partial charge is 0.487 e. The summed E-state index contributed by atoms with van der Waals surface area (Å²) in [5.41, 5.74) is 0.490. The fourth-order valence-electron chi connectivity index (χ4n) is 3.62. The van der Waals surface area contributed by atoms with Gasteiger partial charge in [0.05, 0.1) is 0 Å². The van der Waals surface area contributed by atoms with Gasteiger partial charge in [0.2, 0.25) is 6.79 Å². The summed E-state index contributed by atoms with van der Waals surface area (Å²) in [5.74, 6) is 4.08. The zero-order valence-electron chi connectivity index (χ0n) is 16.5. The highest BCUT2D eigenvalue weighted by Gasteiger charge is 2.53. The molecule has 0 saturated carbocycles. The lowest BCUT2D eigenvalue weighted by atomic mass is 9.78. The Morgan fingerprint density at radius 2 is 1.57 bits per heavy atom. The molecule has 0 N–H and O–H groups in total. The van der Waals surface area contributed by atoms with Crippen LogP contribution in [0.1, 0.15) is 39.2 Å². The van der Waals surface area contributed by atoms with E-state index in [1.807, 2.05) is 30.3 Å². The summed E-state index contributed by atoms with van der Waals surface area (Å²) >= 11 is 0. The van der Waals surface area contributed by atoms with Crippen molar-refractivity contribution in [3.8, 4) is 23.0 Å². The molecule has 2 aromatic carbocycles. The molecule has 1 saturated heterocycles. The van der Waals surface area contributed by atoms with Gasteiger partial charge in [0.15, 0.2) is 11.5 Å². The maximum absolute atomic E-state index is 6.37. The smallest absolute Gasteiger partial charge is 0.231 e. The molecule has 0 spiro atoms. The van der Waals surface area contributed by atoms with Crippen LogP contribution in [-0.4, -0.2) is 24.1 Å². The summed E-state index contributed by atoms with van der Waals surface area (Å²) in [6, 6.07) is 13.7. The van der Waals surface area contributed by atoms with Crippen LogP contribution in [-0.2, 0) is 9.47 Å². The quantitative estimate of drug-likeness (QED) is 0.736. The van der Waals surface area contributed by atoms with Gasteiger partial charge in [-0.25, -0.2) is 0 Å². The highest BCUT2D eigenvalue weighted by molar-refractivity contribution is 5.48. The molecular weight excluding hydrogens is 356 g/mol. The first-order valence-corrected chi connectivity index (χ1v) is 9.58. The molecule has 0 amide bonds. The molecule has 2 atom stereocenters. The van der Waals surface area contributed by atoms with Crippen molar-refractivity contribution in [1.82, 2.24) is 0 Å². The summed E-state index contributed by atoms with van der Waals surface area (Å²) in [5, 5.41) is 0. The van der Waals surface area contributed by atoms with Crippen LogP contribution >= 0.6 is 0 Å². The van der Waals surface area contributed by atoms with Gasteiger partial charge in [-0.1, -0.05) is 12.1 Å². The molecule has 28 heavy (non-hydrogen) atoms. The molecule has 1 aliphatic carbocycles. The van der Waals surface area contributed by atoms with E-state index < -0.39 is 0 Å². The molecule has 2 aliphatic heterocycles. The molecule has 5 nitrogen and oxygen atoms in total. The van der Waals surface area contributed by atoms with Gasteiger partial charge < -0.3 is 23.7 Å². The summed E-state index contributed by atoms with van der Waals surface area (Å²) < 4.78 is 29.2. The van der Waals surface area contributed by atoms with Crippen molar-refractivity contribution in [1.29, 1.82) is 0 Å². The van der Waals surface area contributed by atoms with E-state index in [9.17, 15) is 0 Å². The molecule has 0 bridgehead atoms. The van der Waals surface area contributed by atoms with Crippen LogP contribution in [0.5, 0.6) is 23.0 Å². The van der Waals surface area contributed by atoms with Crippen LogP contribution in [0, 0.1) is 0 Å². The van der Waals surface area contributed by atoms with Gasteiger partial charge >= 0.3 is 0 Å². The van der Waals surface area contributed by atoms with Crippen molar-refractivity contribution in [2.45, 2.75) is 50.9 Å². The third-order valence-electron chi connectivity index (χ3n) is 6.04. The van der Waals surface area contributed by atoms with Crippen LogP contribution < -0.4 is 14.2 Å². The van der Waals surface area contributed by atoms with Crippen LogP contribution in [0.2, 0.25) is 0 Å². The van der Waals surface area contributed by atoms with E-state index in [0.29, 0.717) is 5.75 Å². The number of ether oxygens (including phenoxy) is 5. The molecule has 5 rings (SSSR count). The second kappa shape index (κ2) is 5.92. The van der Waals surface area contributed by atoms with Crippen LogP contribution in [0.3, 0.4) is 0 Å². The van der Waals surface area contributed by atoms with Crippen molar-refractivity contribution in [3.05, 3.63) is 59.9 Å². The van der Waals surface area contributed by atoms with Crippen LogP contribution in [0.4, 0.5) is 0 Å². The van der Waals surface area contributed by atoms with Gasteiger partial charge in [-0.2, -0.15) is 0 Å². The molecule has 2 aromatic rings. The second-order valence-electron chi connectivity index (χ2n) is 8.44. The minimum absolute atomic E-state index is 0.0244. The van der Waals surface area contributed by atoms with Gasteiger partial charge in [0, 0.05) is 12.0 Å². The summed E-state index contributed by atoms with van der Waals surface area (Å²) in [4.78, 5) is 0. The van der Waals surface area contributed by atoms with E-state index in [1.54, 1.807) is 0 Å². The predicted molar refractivity (Wildman–Crippen MR) is 104 cm³/mol. The van der Waals surface area contributed by atoms with Gasteiger partial charge in [-0.05, 0) is 63.6 Å². The summed E-state index contributed by atoms with van der Waals surface area (Å²) in [6.45, 7) is 8.56. The monoisotopic (exact) mass is 380 g/mol. The predicted octanol–water partition coefficient (Wildman–Crippen LogP) is 5.16. The Kier molecular flexibility index (Phi) is 3.68. The van der Waals surface area contributed by atoms with E-state index in [0.717, 1.165) is 23.0 Å². The fourth-order valence-corrected chi connectivity index (χ4v) is 3.62. The first-order chi connectivity index (χ1) is 13.3. The highest BCUT2D eigenvalue weighted by atomic mass is 16.7. The van der Waals surface area contributed by atoms with Crippen molar-refractivity contribution in [2.75, 3.05) is 6.79 Å². The van der Waals surface area contributed by atoms with Gasteiger partial charge in [0.25, 0.3) is 0 Å². The van der Waals surface area contributed by atoms with Crippen molar-refractivity contribution in [2.24, 2.45) is 0 Å². The molecule has 1 fully saturated rings. The summed E-state index contributed by atoms with van der Waals surface area (Å²) in [7, 11) is 0. The van der Waals surface area contributed by atoms with Gasteiger partial charge in [-0.15, -0.1) is 0 Å². The lowest BCUT2D eigenvalue weighted by molar-refractivity contribution is -0.243. The minimum Gasteiger partial charge on any atom is -0.487 e. The molecule has 5 heteroatoms. The molecule has 146 valence electrons. The van der Waals surface area contributed by atoms with E-state index in [1.165, 1.54) is 5.56 Å². The second-order valence-corrected chi connectivity index (χ2v) is 8.44. The Balaban J connectivity index is 1.31. The van der Waals surface area contributed by atoms with Crippen molar-refractivity contribution < 1.29 is 23.7 Å². The normalized spacial score (nSPS) is 25.8. The molecule has 2 unspecified atom stereocenters. The number of benzene rings is 2. The first kappa shape index (κ1) is 17.4. The molecular formula is C23H24O5. The van der Waals surface area contributed by atoms with Crippen LogP contribution in [0.15, 0.2) is 54.3 Å². The maximum atomic E-state index is 6.37. The highest BCUT2D eigenvalue weighted by Crippen LogP contribution is 2.49. The van der Waals surface area contributed by atoms with Crippen molar-refractivity contribution >= 4 is 0 Å². The Hall–Kier alpha value is -2.66. The SMILES string of the molecule is CC1(C)OC2=CC(c3ccc(Oc4ccc5c(c4)OCO5)cc3)C2OC1(C)C. The standard InChI is InChI=1S/C23H24O5/c1-22(2)23(3,4)28-21-17(12-20(21)27-22)14-5-7-15(8-6-14)26-16-9-10-18-19(11-16)25-13-24-18/h5-12,17,21H,13H2,1-4H3. The zero-order valence-corrected chi connectivity index (χ0v) is 16.5. The Bertz CT molecular complexity index is 942. The zero-order chi connectivity index (χ0) is 19.5. The summed E-state index contributed by atoms with van der Waals surface area (Å²) in [6.07, 6.45) is 2.12. The van der Waals surface area contributed by atoms with Crippen molar-refractivity contribution in [3.63, 3.8) is 0 Å². The number of rotatable bonds is 3. The molecule has 0 radical (unpaired) electrons. The lowest BCUT2D eigenvalue weighted by Crippen LogP contribution is -2.59. The Morgan fingerprint density at radius 3 is 2.36 bits per heavy atom. The Labute approximate surface area is 164 Å². The Morgan fingerprint density at radius 1 is 0.857 bits per heavy atom. The number of hydrogen-bond donors (Lipinski definition) is 0. The number of fused-ring (bicyclic) bond motifs is 2. The molecule has 0 aromatic heterocycles. The first-order valence-electron chi connectivity index (χ1n) is 9.58. The topological polar surface area (TPSA) is 46.2 Å². The molecule has 2 heterocycles. The van der Waals surface area contributed by atoms with E-state index in [2.05, 4.69) is 45.9 Å². The van der Waals surface area contributed by atoms with E-state index in [-0.39, 0.29) is 30.0 Å². The fraction of sp³-hybridized carbons (Fsp3) is 0.391. The molecule has 3 aliphatic rings. The lowest BCUT2D eigenvalue weighted by Gasteiger charge is -2.54. The van der Waals surface area contributed by atoms with Gasteiger partial charge in [-0.3, -0.25) is 0 Å². The average molecular weight is 380 g/mol. The third kappa shape index (κ3) is 2.73. The van der Waals surface area contributed by atoms with Gasteiger partial charge in [0.1, 0.15) is 34.6 Å². The van der Waals surface area contributed by atoms with E-state index in [4.69, 9.17) is 23.7 Å². The third-order valence-corrected chi connectivity index (χ3v) is 6.04. The maximum Gasteiger partial charge on any atom is 0.231 e. The van der Waals surface area contributed by atoms with E-state index >= 15 is 0 Å².